The van der Waals surface area contributed by atoms with Crippen molar-refractivity contribution in [1.29, 1.82) is 0 Å². The molecule has 1 heterocycles. The topological polar surface area (TPSA) is 43.4 Å². The Morgan fingerprint density at radius 2 is 1.29 bits per heavy atom. The molecule has 0 bridgehead atoms. The number of hydrogen-bond acceptors (Lipinski definition) is 3. The van der Waals surface area contributed by atoms with E-state index in [1.165, 1.54) is 0 Å². The molecule has 0 amide bonds. The van der Waals surface area contributed by atoms with E-state index in [-0.39, 0.29) is 0 Å². The van der Waals surface area contributed by atoms with Crippen LogP contribution < -0.4 is 0 Å². The van der Waals surface area contributed by atoms with Crippen molar-refractivity contribution in [2.24, 2.45) is 0 Å². The molecule has 0 radical (unpaired) electrons. The zero-order valence-electron chi connectivity index (χ0n) is 11.0. The van der Waals surface area contributed by atoms with E-state index in [9.17, 15) is 9.59 Å². The van der Waals surface area contributed by atoms with Crippen LogP contribution >= 0.6 is 0 Å². The molecule has 0 atom stereocenters. The van der Waals surface area contributed by atoms with E-state index in [0.29, 0.717) is 16.5 Å². The minimum Gasteiger partial charge on any atom is -0.386 e. The summed E-state index contributed by atoms with van der Waals surface area (Å²) in [5.41, 5.74) is 2.94. The number of rotatable bonds is 1. The summed E-state index contributed by atoms with van der Waals surface area (Å²) in [6.07, 6.45) is 0. The van der Waals surface area contributed by atoms with E-state index in [1.54, 1.807) is 12.1 Å². The van der Waals surface area contributed by atoms with Crippen LogP contribution in [0, 0.1) is 0 Å². The number of cyclic esters (lactones) is 2. The third-order valence-corrected chi connectivity index (χ3v) is 3.75. The van der Waals surface area contributed by atoms with E-state index in [0.717, 1.165) is 16.5 Å². The molecule has 0 fully saturated rings. The fourth-order valence-electron chi connectivity index (χ4n) is 2.81. The number of esters is 2. The third-order valence-electron chi connectivity index (χ3n) is 3.75. The molecule has 4 rings (SSSR count). The van der Waals surface area contributed by atoms with Crippen molar-refractivity contribution < 1.29 is 14.3 Å². The van der Waals surface area contributed by atoms with Gasteiger partial charge in [0.15, 0.2) is 0 Å². The summed E-state index contributed by atoms with van der Waals surface area (Å²) in [6, 6.07) is 18.9. The fraction of sp³-hybridized carbons (Fsp3) is 0. The molecule has 100 valence electrons. The predicted octanol–water partition coefficient (Wildman–Crippen LogP) is 3.82. The molecule has 1 aliphatic heterocycles. The molecule has 0 unspecified atom stereocenters. The second kappa shape index (κ2) is 4.28. The van der Waals surface area contributed by atoms with Crippen LogP contribution in [0.4, 0.5) is 0 Å². The van der Waals surface area contributed by atoms with Crippen molar-refractivity contribution in [3.63, 3.8) is 0 Å². The van der Waals surface area contributed by atoms with Crippen LogP contribution in [0.1, 0.15) is 20.7 Å². The molecule has 0 saturated carbocycles. The van der Waals surface area contributed by atoms with Crippen LogP contribution in [0.2, 0.25) is 0 Å². The monoisotopic (exact) mass is 274 g/mol. The molecule has 21 heavy (non-hydrogen) atoms. The SMILES string of the molecule is O=C1OC(=O)c2ccc(-c3ccccc3)c3cccc1c23. The zero-order valence-corrected chi connectivity index (χ0v) is 11.0. The van der Waals surface area contributed by atoms with Crippen molar-refractivity contribution in [2.75, 3.05) is 0 Å². The predicted molar refractivity (Wildman–Crippen MR) is 79.1 cm³/mol. The minimum atomic E-state index is -0.580. The van der Waals surface area contributed by atoms with E-state index >= 15 is 0 Å². The fourth-order valence-corrected chi connectivity index (χ4v) is 2.81. The Bertz CT molecular complexity index is 875. The molecule has 0 N–H and O–H groups in total. The maximum atomic E-state index is 11.9. The van der Waals surface area contributed by atoms with Crippen LogP contribution in [0.25, 0.3) is 21.9 Å². The Balaban J connectivity index is 2.13. The molecule has 0 spiro atoms. The van der Waals surface area contributed by atoms with Gasteiger partial charge in [-0.05, 0) is 28.6 Å². The standard InChI is InChI=1S/C18H10O3/c19-17-14-8-4-7-13-12(11-5-2-1-3-6-11)9-10-15(16(13)14)18(20)21-17/h1-10H. The summed E-state index contributed by atoms with van der Waals surface area (Å²) in [5.74, 6) is -1.16. The molecule has 0 saturated heterocycles. The Labute approximate surface area is 120 Å². The maximum absolute atomic E-state index is 11.9. The van der Waals surface area contributed by atoms with Gasteiger partial charge in [0, 0.05) is 5.39 Å². The number of benzene rings is 3. The van der Waals surface area contributed by atoms with Crippen LogP contribution in [0.15, 0.2) is 60.7 Å². The van der Waals surface area contributed by atoms with Gasteiger partial charge < -0.3 is 4.74 Å². The van der Waals surface area contributed by atoms with Gasteiger partial charge in [0.2, 0.25) is 0 Å². The molecular weight excluding hydrogens is 264 g/mol. The van der Waals surface area contributed by atoms with Crippen molar-refractivity contribution in [1.82, 2.24) is 0 Å². The lowest BCUT2D eigenvalue weighted by Gasteiger charge is -2.17. The molecule has 3 aromatic carbocycles. The molecule has 3 nitrogen and oxygen atoms in total. The van der Waals surface area contributed by atoms with Crippen molar-refractivity contribution in [3.05, 3.63) is 71.8 Å². The van der Waals surface area contributed by atoms with E-state index in [2.05, 4.69) is 0 Å². The quantitative estimate of drug-likeness (QED) is 0.500. The highest BCUT2D eigenvalue weighted by Gasteiger charge is 2.27. The summed E-state index contributed by atoms with van der Waals surface area (Å²) >= 11 is 0. The average molecular weight is 274 g/mol. The Hall–Kier alpha value is -2.94. The molecule has 1 aliphatic rings. The van der Waals surface area contributed by atoms with Gasteiger partial charge in [-0.1, -0.05) is 48.5 Å². The number of carbonyl (C=O) groups is 2. The first-order chi connectivity index (χ1) is 10.3. The van der Waals surface area contributed by atoms with E-state index < -0.39 is 11.9 Å². The Kier molecular flexibility index (Phi) is 2.42. The summed E-state index contributed by atoms with van der Waals surface area (Å²) < 4.78 is 4.77. The van der Waals surface area contributed by atoms with Crippen molar-refractivity contribution >= 4 is 22.7 Å². The second-order valence-corrected chi connectivity index (χ2v) is 4.93. The van der Waals surface area contributed by atoms with Crippen molar-refractivity contribution in [3.8, 4) is 11.1 Å². The van der Waals surface area contributed by atoms with Gasteiger partial charge in [-0.15, -0.1) is 0 Å². The van der Waals surface area contributed by atoms with Gasteiger partial charge in [0.05, 0.1) is 11.1 Å². The summed E-state index contributed by atoms with van der Waals surface area (Å²) in [7, 11) is 0. The van der Waals surface area contributed by atoms with Gasteiger partial charge in [-0.2, -0.15) is 0 Å². The smallest absolute Gasteiger partial charge is 0.346 e. The highest BCUT2D eigenvalue weighted by Crippen LogP contribution is 2.35. The Morgan fingerprint density at radius 3 is 2.05 bits per heavy atom. The lowest BCUT2D eigenvalue weighted by atomic mass is 9.91. The first kappa shape index (κ1) is 11.9. The number of ether oxygens (including phenoxy) is 1. The van der Waals surface area contributed by atoms with Crippen molar-refractivity contribution in [2.45, 2.75) is 0 Å². The van der Waals surface area contributed by atoms with Crippen LogP contribution in [0.5, 0.6) is 0 Å². The van der Waals surface area contributed by atoms with E-state index in [4.69, 9.17) is 4.74 Å². The van der Waals surface area contributed by atoms with Crippen LogP contribution in [0.3, 0.4) is 0 Å². The normalized spacial score (nSPS) is 13.3. The van der Waals surface area contributed by atoms with Gasteiger partial charge in [0.1, 0.15) is 0 Å². The summed E-state index contributed by atoms with van der Waals surface area (Å²) in [5, 5.41) is 1.57. The van der Waals surface area contributed by atoms with Gasteiger partial charge in [0.25, 0.3) is 0 Å². The second-order valence-electron chi connectivity index (χ2n) is 4.93. The maximum Gasteiger partial charge on any atom is 0.346 e. The lowest BCUT2D eigenvalue weighted by molar-refractivity contribution is 0.0391. The van der Waals surface area contributed by atoms with E-state index in [1.807, 2.05) is 48.5 Å². The summed E-state index contributed by atoms with van der Waals surface area (Å²) in [4.78, 5) is 23.8. The van der Waals surface area contributed by atoms with Crippen LogP contribution in [-0.4, -0.2) is 11.9 Å². The molecule has 3 aromatic rings. The number of carbonyl (C=O) groups excluding carboxylic acids is 2. The average Bonchev–Trinajstić information content (AvgIpc) is 2.53. The van der Waals surface area contributed by atoms with Gasteiger partial charge in [-0.3, -0.25) is 0 Å². The zero-order chi connectivity index (χ0) is 14.4. The van der Waals surface area contributed by atoms with Crippen LogP contribution in [-0.2, 0) is 4.74 Å². The lowest BCUT2D eigenvalue weighted by Crippen LogP contribution is -2.19. The summed E-state index contributed by atoms with van der Waals surface area (Å²) in [6.45, 7) is 0. The minimum absolute atomic E-state index is 0.444. The number of hydrogen-bond donors (Lipinski definition) is 0. The van der Waals surface area contributed by atoms with Gasteiger partial charge >= 0.3 is 11.9 Å². The van der Waals surface area contributed by atoms with Gasteiger partial charge in [-0.25, -0.2) is 9.59 Å². The highest BCUT2D eigenvalue weighted by molar-refractivity contribution is 6.22. The third kappa shape index (κ3) is 1.68. The first-order valence-corrected chi connectivity index (χ1v) is 6.63. The molecular formula is C18H10O3. The molecule has 3 heteroatoms. The molecule has 0 aliphatic carbocycles. The largest absolute Gasteiger partial charge is 0.386 e. The highest BCUT2D eigenvalue weighted by atomic mass is 16.6. The first-order valence-electron chi connectivity index (χ1n) is 6.63. The molecule has 0 aromatic heterocycles. The Morgan fingerprint density at radius 1 is 0.619 bits per heavy atom.